The van der Waals surface area contributed by atoms with Gasteiger partial charge < -0.3 is 19.5 Å². The molecule has 2 aromatic rings. The molecule has 148 valence electrons. The van der Waals surface area contributed by atoms with Crippen LogP contribution in [-0.2, 0) is 19.8 Å². The highest BCUT2D eigenvalue weighted by Crippen LogP contribution is 2.46. The number of amides is 1. The SMILES string of the molecule is C=CCOC(=O)NC1(c2ccc(/C(OC)=C3\C(=O)Oc4ccccc43)cc2)CC1. The van der Waals surface area contributed by atoms with Gasteiger partial charge in [-0.3, -0.25) is 0 Å². The molecule has 0 unspecified atom stereocenters. The molecule has 1 N–H and O–H groups in total. The molecule has 2 aromatic carbocycles. The van der Waals surface area contributed by atoms with E-state index in [1.54, 1.807) is 6.07 Å². The highest BCUT2D eigenvalue weighted by molar-refractivity contribution is 6.27. The zero-order valence-corrected chi connectivity index (χ0v) is 16.1. The van der Waals surface area contributed by atoms with Gasteiger partial charge in [0.2, 0.25) is 0 Å². The third-order valence-corrected chi connectivity index (χ3v) is 5.12. The molecule has 1 aliphatic heterocycles. The molecule has 0 aromatic heterocycles. The van der Waals surface area contributed by atoms with Gasteiger partial charge in [0.05, 0.1) is 12.6 Å². The summed E-state index contributed by atoms with van der Waals surface area (Å²) < 4.78 is 16.0. The first-order valence-corrected chi connectivity index (χ1v) is 9.34. The number of hydrogen-bond donors (Lipinski definition) is 1. The van der Waals surface area contributed by atoms with Crippen molar-refractivity contribution in [1.29, 1.82) is 0 Å². The molecule has 29 heavy (non-hydrogen) atoms. The highest BCUT2D eigenvalue weighted by Gasteiger charge is 2.46. The molecular weight excluding hydrogens is 370 g/mol. The molecule has 1 aliphatic carbocycles. The van der Waals surface area contributed by atoms with Crippen LogP contribution in [-0.4, -0.2) is 25.8 Å². The summed E-state index contributed by atoms with van der Waals surface area (Å²) in [5.74, 6) is 0.546. The largest absolute Gasteiger partial charge is 0.495 e. The summed E-state index contributed by atoms with van der Waals surface area (Å²) in [7, 11) is 1.53. The molecular formula is C23H21NO5. The van der Waals surface area contributed by atoms with Crippen molar-refractivity contribution in [3.05, 3.63) is 77.9 Å². The van der Waals surface area contributed by atoms with Gasteiger partial charge in [0.1, 0.15) is 23.7 Å². The number of esters is 1. The number of methoxy groups -OCH3 is 1. The molecule has 0 saturated heterocycles. The van der Waals surface area contributed by atoms with Gasteiger partial charge in [0.25, 0.3) is 0 Å². The van der Waals surface area contributed by atoms with E-state index in [9.17, 15) is 9.59 Å². The fourth-order valence-electron chi connectivity index (χ4n) is 3.52. The lowest BCUT2D eigenvalue weighted by molar-refractivity contribution is -0.127. The van der Waals surface area contributed by atoms with Gasteiger partial charge in [0, 0.05) is 11.1 Å². The second-order valence-electron chi connectivity index (χ2n) is 6.97. The average Bonchev–Trinajstić information content (AvgIpc) is 3.44. The minimum absolute atomic E-state index is 0.170. The Kier molecular flexibility index (Phi) is 4.84. The molecule has 2 aliphatic rings. The Labute approximate surface area is 168 Å². The molecule has 1 fully saturated rings. The van der Waals surface area contributed by atoms with E-state index in [-0.39, 0.29) is 6.61 Å². The lowest BCUT2D eigenvalue weighted by Gasteiger charge is -2.18. The van der Waals surface area contributed by atoms with Crippen molar-refractivity contribution in [3.63, 3.8) is 0 Å². The molecule has 0 spiro atoms. The predicted octanol–water partition coefficient (Wildman–Crippen LogP) is 4.02. The van der Waals surface area contributed by atoms with Crippen molar-refractivity contribution in [2.75, 3.05) is 13.7 Å². The second kappa shape index (κ2) is 7.47. The van der Waals surface area contributed by atoms with Crippen LogP contribution >= 0.6 is 0 Å². The van der Waals surface area contributed by atoms with Crippen LogP contribution in [0.5, 0.6) is 5.75 Å². The van der Waals surface area contributed by atoms with Crippen molar-refractivity contribution in [1.82, 2.24) is 5.32 Å². The smallest absolute Gasteiger partial charge is 0.408 e. The van der Waals surface area contributed by atoms with Gasteiger partial charge in [-0.05, 0) is 24.5 Å². The van der Waals surface area contributed by atoms with Gasteiger partial charge in [-0.25, -0.2) is 9.59 Å². The Bertz CT molecular complexity index is 1000. The Morgan fingerprint density at radius 1 is 1.21 bits per heavy atom. The van der Waals surface area contributed by atoms with E-state index >= 15 is 0 Å². The van der Waals surface area contributed by atoms with Gasteiger partial charge in [-0.2, -0.15) is 0 Å². The number of alkyl carbamates (subject to hydrolysis) is 1. The monoisotopic (exact) mass is 391 g/mol. The van der Waals surface area contributed by atoms with Crippen LogP contribution in [0.1, 0.15) is 29.5 Å². The number of hydrogen-bond acceptors (Lipinski definition) is 5. The fraction of sp³-hybridized carbons (Fsp3) is 0.217. The van der Waals surface area contributed by atoms with Crippen LogP contribution in [0.3, 0.4) is 0 Å². The quantitative estimate of drug-likeness (QED) is 0.265. The van der Waals surface area contributed by atoms with Gasteiger partial charge in [0.15, 0.2) is 0 Å². The number of fused-ring (bicyclic) bond motifs is 1. The van der Waals surface area contributed by atoms with Crippen LogP contribution in [0, 0.1) is 0 Å². The molecule has 1 amide bonds. The van der Waals surface area contributed by atoms with Crippen molar-refractivity contribution >= 4 is 23.4 Å². The zero-order valence-electron chi connectivity index (χ0n) is 16.1. The Hall–Kier alpha value is -3.54. The van der Waals surface area contributed by atoms with Gasteiger partial charge in [-0.1, -0.05) is 55.1 Å². The maximum Gasteiger partial charge on any atom is 0.408 e. The molecule has 1 saturated carbocycles. The summed E-state index contributed by atoms with van der Waals surface area (Å²) in [6, 6.07) is 14.9. The first-order valence-electron chi connectivity index (χ1n) is 9.34. The third kappa shape index (κ3) is 3.49. The summed E-state index contributed by atoms with van der Waals surface area (Å²) in [6.45, 7) is 3.71. The first kappa shape index (κ1) is 18.8. The fourth-order valence-corrected chi connectivity index (χ4v) is 3.52. The summed E-state index contributed by atoms with van der Waals surface area (Å²) in [6.07, 6.45) is 2.75. The topological polar surface area (TPSA) is 73.9 Å². The molecule has 0 atom stereocenters. The van der Waals surface area contributed by atoms with Gasteiger partial charge >= 0.3 is 12.1 Å². The standard InChI is InChI=1S/C23H21NO5/c1-3-14-28-22(26)24-23(12-13-23)16-10-8-15(9-11-16)20(27-2)19-17-6-4-5-7-18(17)29-21(19)25/h3-11H,1,12-14H2,2H3,(H,24,26)/b20-19+. The highest BCUT2D eigenvalue weighted by atomic mass is 16.6. The number of benzene rings is 2. The summed E-state index contributed by atoms with van der Waals surface area (Å²) >= 11 is 0. The van der Waals surface area contributed by atoms with E-state index in [4.69, 9.17) is 14.2 Å². The summed E-state index contributed by atoms with van der Waals surface area (Å²) in [5.41, 5.74) is 2.44. The predicted molar refractivity (Wildman–Crippen MR) is 108 cm³/mol. The number of rotatable bonds is 6. The maximum absolute atomic E-state index is 12.4. The van der Waals surface area contributed by atoms with Crippen molar-refractivity contribution in [2.24, 2.45) is 0 Å². The van der Waals surface area contributed by atoms with E-state index in [0.717, 1.165) is 24.0 Å². The van der Waals surface area contributed by atoms with E-state index in [2.05, 4.69) is 11.9 Å². The number of ether oxygens (including phenoxy) is 3. The van der Waals surface area contributed by atoms with E-state index < -0.39 is 17.6 Å². The van der Waals surface area contributed by atoms with Crippen LogP contribution in [0.25, 0.3) is 11.3 Å². The Morgan fingerprint density at radius 3 is 2.59 bits per heavy atom. The lowest BCUT2D eigenvalue weighted by Crippen LogP contribution is -2.35. The molecule has 0 radical (unpaired) electrons. The van der Waals surface area contributed by atoms with Crippen LogP contribution < -0.4 is 10.1 Å². The van der Waals surface area contributed by atoms with Gasteiger partial charge in [-0.15, -0.1) is 0 Å². The van der Waals surface area contributed by atoms with E-state index in [1.165, 1.54) is 13.2 Å². The summed E-state index contributed by atoms with van der Waals surface area (Å²) in [4.78, 5) is 24.3. The normalized spacial score (nSPS) is 17.6. The third-order valence-electron chi connectivity index (χ3n) is 5.12. The lowest BCUT2D eigenvalue weighted by atomic mass is 9.98. The van der Waals surface area contributed by atoms with E-state index in [0.29, 0.717) is 22.6 Å². The Morgan fingerprint density at radius 2 is 1.93 bits per heavy atom. The number of carbonyl (C=O) groups excluding carboxylic acids is 2. The number of para-hydroxylation sites is 1. The molecule has 0 bridgehead atoms. The average molecular weight is 391 g/mol. The van der Waals surface area contributed by atoms with Crippen LogP contribution in [0.4, 0.5) is 4.79 Å². The molecule has 4 rings (SSSR count). The minimum atomic E-state index is -0.462. The molecule has 6 nitrogen and oxygen atoms in total. The number of carbonyl (C=O) groups is 2. The maximum atomic E-state index is 12.4. The second-order valence-corrected chi connectivity index (χ2v) is 6.97. The van der Waals surface area contributed by atoms with Crippen LogP contribution in [0.2, 0.25) is 0 Å². The van der Waals surface area contributed by atoms with Crippen molar-refractivity contribution in [3.8, 4) is 5.75 Å². The van der Waals surface area contributed by atoms with Crippen molar-refractivity contribution in [2.45, 2.75) is 18.4 Å². The van der Waals surface area contributed by atoms with E-state index in [1.807, 2.05) is 42.5 Å². The zero-order chi connectivity index (χ0) is 20.4. The molecule has 6 heteroatoms. The summed E-state index contributed by atoms with van der Waals surface area (Å²) in [5, 5.41) is 2.93. The number of nitrogens with one attached hydrogen (secondary N) is 1. The molecule has 1 heterocycles. The Balaban J connectivity index is 1.62. The minimum Gasteiger partial charge on any atom is -0.495 e. The first-order chi connectivity index (χ1) is 14.1. The van der Waals surface area contributed by atoms with Crippen LogP contribution in [0.15, 0.2) is 61.2 Å². The van der Waals surface area contributed by atoms with Crippen molar-refractivity contribution < 1.29 is 23.8 Å².